The molecule has 5 rings (SSSR count). The average Bonchev–Trinajstić information content (AvgIpc) is 3.04. The molecule has 0 saturated carbocycles. The minimum atomic E-state index is -4.47. The Bertz CT molecular complexity index is 2090. The second kappa shape index (κ2) is 12.1. The summed E-state index contributed by atoms with van der Waals surface area (Å²) in [7, 11) is -4.47. The van der Waals surface area contributed by atoms with Crippen LogP contribution in [0.3, 0.4) is 0 Å². The molecule has 0 aliphatic rings. The van der Waals surface area contributed by atoms with E-state index in [1.807, 2.05) is 18.4 Å². The Morgan fingerprint density at radius 1 is 1.09 bits per heavy atom. The van der Waals surface area contributed by atoms with E-state index in [0.29, 0.717) is 32.6 Å². The second-order valence-electron chi connectivity index (χ2n) is 9.69. The largest absolute Gasteiger partial charge is 0.500 e. The van der Waals surface area contributed by atoms with Crippen molar-refractivity contribution in [3.8, 4) is 23.0 Å². The number of pyridine rings is 3. The molecule has 0 bridgehead atoms. The van der Waals surface area contributed by atoms with Crippen molar-refractivity contribution >= 4 is 64.5 Å². The van der Waals surface area contributed by atoms with Crippen molar-refractivity contribution in [3.05, 3.63) is 92.2 Å². The summed E-state index contributed by atoms with van der Waals surface area (Å²) >= 11 is 2.69. The van der Waals surface area contributed by atoms with Crippen LogP contribution in [-0.2, 0) is 24.1 Å². The smallest absolute Gasteiger partial charge is 0.268 e. The van der Waals surface area contributed by atoms with E-state index in [4.69, 9.17) is 9.51 Å². The van der Waals surface area contributed by atoms with Gasteiger partial charge in [0.1, 0.15) is 35.3 Å². The van der Waals surface area contributed by atoms with E-state index < -0.39 is 31.1 Å². The maximum atomic E-state index is 14.0. The number of thioether (sulfide) groups is 1. The summed E-state index contributed by atoms with van der Waals surface area (Å²) in [5, 5.41) is 10.4. The van der Waals surface area contributed by atoms with Gasteiger partial charge in [0, 0.05) is 22.9 Å². The molecule has 0 N–H and O–H groups in total. The molecular weight excluding hydrogens is 708 g/mol. The third-order valence-corrected chi connectivity index (χ3v) is 9.68. The molecule has 16 heteroatoms. The Morgan fingerprint density at radius 2 is 1.84 bits per heavy atom. The third-order valence-electron chi connectivity index (χ3n) is 6.71. The summed E-state index contributed by atoms with van der Waals surface area (Å²) in [6, 6.07) is 16.1. The highest BCUT2D eigenvalue weighted by Crippen LogP contribution is 2.51. The Balaban J connectivity index is 1.82. The lowest BCUT2D eigenvalue weighted by Crippen LogP contribution is -2.40. The van der Waals surface area contributed by atoms with Crippen LogP contribution in [0.25, 0.3) is 38.9 Å². The molecule has 43 heavy (non-hydrogen) atoms. The number of halogens is 1. The molecule has 13 nitrogen and oxygen atoms in total. The zero-order chi connectivity index (χ0) is 30.9. The van der Waals surface area contributed by atoms with Gasteiger partial charge in [-0.05, 0) is 62.1 Å². The van der Waals surface area contributed by atoms with Crippen LogP contribution in [0.5, 0.6) is 0 Å². The molecule has 1 unspecified atom stereocenters. The van der Waals surface area contributed by atoms with E-state index in [2.05, 4.69) is 23.8 Å². The summed E-state index contributed by atoms with van der Waals surface area (Å²) in [5.74, 6) is 0. The SMILES string of the molecule is CSc1ccc(-c2ccc3ncc4c(=O)n(COP(=O)(N=O)OI)c(=O)n(-c5ccc(C(C)(C)C#N)cc5)c4c3n2)cn1. The topological polar surface area (TPSA) is 171 Å². The molecule has 0 spiro atoms. The van der Waals surface area contributed by atoms with Crippen LogP contribution in [0, 0.1) is 16.2 Å². The number of hydrogen-bond acceptors (Lipinski definition) is 11. The van der Waals surface area contributed by atoms with Crippen LogP contribution < -0.4 is 11.2 Å². The van der Waals surface area contributed by atoms with Gasteiger partial charge in [-0.1, -0.05) is 12.1 Å². The molecule has 218 valence electrons. The third kappa shape index (κ3) is 5.76. The van der Waals surface area contributed by atoms with Crippen molar-refractivity contribution in [2.45, 2.75) is 31.0 Å². The predicted molar refractivity (Wildman–Crippen MR) is 170 cm³/mol. The highest BCUT2D eigenvalue weighted by Gasteiger charge is 2.28. The van der Waals surface area contributed by atoms with Crippen LogP contribution in [0.4, 0.5) is 0 Å². The quantitative estimate of drug-likeness (QED) is 0.0582. The number of aromatic nitrogens is 5. The average molecular weight is 729 g/mol. The predicted octanol–water partition coefficient (Wildman–Crippen LogP) is 5.90. The fourth-order valence-electron chi connectivity index (χ4n) is 4.33. The number of fused-ring (bicyclic) bond motifs is 3. The zero-order valence-electron chi connectivity index (χ0n) is 22.8. The standard InChI is InChI=1S/C27H21IN7O6PS/c1-27(2,14-29)17-5-7-18(8-6-17)35-24-19(25(36)34(26(35)37)15-40-42(39,33-38)41-28)13-30-21-10-9-20(32-23(21)24)16-4-11-22(43-3)31-12-16/h4-13H,15H2,1-3H3. The Kier molecular flexibility index (Phi) is 8.59. The Morgan fingerprint density at radius 3 is 2.44 bits per heavy atom. The Hall–Kier alpha value is -3.81. The monoisotopic (exact) mass is 729 g/mol. The number of benzene rings is 1. The lowest BCUT2D eigenvalue weighted by atomic mass is 9.86. The van der Waals surface area contributed by atoms with Crippen LogP contribution in [-0.4, -0.2) is 30.3 Å². The van der Waals surface area contributed by atoms with Gasteiger partial charge in [-0.25, -0.2) is 26.7 Å². The summed E-state index contributed by atoms with van der Waals surface area (Å²) in [6.45, 7) is 2.64. The van der Waals surface area contributed by atoms with Crippen molar-refractivity contribution in [2.75, 3.05) is 6.26 Å². The highest BCUT2D eigenvalue weighted by molar-refractivity contribution is 14.1. The Labute approximate surface area is 262 Å². The molecular formula is C27H21IN7O6PS. The van der Waals surface area contributed by atoms with Gasteiger partial charge >= 0.3 is 13.4 Å². The first-order chi connectivity index (χ1) is 20.6. The van der Waals surface area contributed by atoms with Gasteiger partial charge in [0.25, 0.3) is 5.56 Å². The molecule has 0 fully saturated rings. The summed E-state index contributed by atoms with van der Waals surface area (Å²) < 4.78 is 23.7. The number of nitroso groups, excluding NO2 is 1. The van der Waals surface area contributed by atoms with Gasteiger partial charge in [-0.15, -0.1) is 16.7 Å². The minimum Gasteiger partial charge on any atom is -0.268 e. The van der Waals surface area contributed by atoms with Crippen molar-refractivity contribution in [3.63, 3.8) is 0 Å². The molecule has 0 aliphatic carbocycles. The molecule has 4 aromatic heterocycles. The van der Waals surface area contributed by atoms with E-state index in [9.17, 15) is 24.3 Å². The van der Waals surface area contributed by atoms with Crippen LogP contribution >= 0.6 is 42.5 Å². The molecule has 0 aliphatic heterocycles. The number of nitrogens with zero attached hydrogens (tertiary/aromatic N) is 7. The second-order valence-corrected chi connectivity index (χ2v) is 13.2. The van der Waals surface area contributed by atoms with Crippen molar-refractivity contribution in [1.82, 2.24) is 24.1 Å². The van der Waals surface area contributed by atoms with Crippen LogP contribution in [0.2, 0.25) is 0 Å². The number of rotatable bonds is 9. The van der Waals surface area contributed by atoms with Gasteiger partial charge in [-0.3, -0.25) is 18.9 Å². The van der Waals surface area contributed by atoms with Crippen molar-refractivity contribution in [2.24, 2.45) is 4.95 Å². The van der Waals surface area contributed by atoms with Gasteiger partial charge in [0.2, 0.25) is 0 Å². The van der Waals surface area contributed by atoms with Crippen molar-refractivity contribution < 1.29 is 11.9 Å². The lowest BCUT2D eigenvalue weighted by Gasteiger charge is -2.18. The lowest BCUT2D eigenvalue weighted by molar-refractivity contribution is 0.206. The minimum absolute atomic E-state index is 0.00178. The molecule has 0 amide bonds. The maximum Gasteiger partial charge on any atom is 0.500 e. The molecule has 0 saturated heterocycles. The fourth-order valence-corrected chi connectivity index (χ4v) is 5.62. The molecule has 5 aromatic rings. The molecule has 1 aromatic carbocycles. The zero-order valence-corrected chi connectivity index (χ0v) is 26.7. The first kappa shape index (κ1) is 30.6. The van der Waals surface area contributed by atoms with E-state index in [1.165, 1.54) is 45.5 Å². The number of hydrogen-bond donors (Lipinski definition) is 0. The van der Waals surface area contributed by atoms with Crippen LogP contribution in [0.15, 0.2) is 80.5 Å². The van der Waals surface area contributed by atoms with Gasteiger partial charge < -0.3 is 0 Å². The summed E-state index contributed by atoms with van der Waals surface area (Å²) in [5.41, 5.74) is 0.660. The van der Waals surface area contributed by atoms with E-state index in [1.54, 1.807) is 56.4 Å². The summed E-state index contributed by atoms with van der Waals surface area (Å²) in [6.07, 6.45) is 4.91. The van der Waals surface area contributed by atoms with Gasteiger partial charge in [-0.2, -0.15) is 5.26 Å². The van der Waals surface area contributed by atoms with E-state index in [-0.39, 0.29) is 16.4 Å². The van der Waals surface area contributed by atoms with Gasteiger partial charge in [0.15, 0.2) is 0 Å². The van der Waals surface area contributed by atoms with E-state index >= 15 is 0 Å². The van der Waals surface area contributed by atoms with Crippen molar-refractivity contribution in [1.29, 1.82) is 5.26 Å². The molecule has 1 atom stereocenters. The molecule has 0 radical (unpaired) electrons. The normalized spacial score (nSPS) is 13.1. The first-order valence-electron chi connectivity index (χ1n) is 12.4. The molecule has 4 heterocycles. The van der Waals surface area contributed by atoms with Crippen LogP contribution in [0.1, 0.15) is 19.4 Å². The maximum absolute atomic E-state index is 14.0. The summed E-state index contributed by atoms with van der Waals surface area (Å²) in [4.78, 5) is 54.6. The number of nitriles is 1. The van der Waals surface area contributed by atoms with Gasteiger partial charge in [0.05, 0.1) is 44.3 Å². The fraction of sp³-hybridized carbons (Fsp3) is 0.185. The first-order valence-corrected chi connectivity index (χ1v) is 16.0. The van der Waals surface area contributed by atoms with E-state index in [0.717, 1.165) is 5.03 Å². The highest BCUT2D eigenvalue weighted by atomic mass is 127.